The molecule has 26 heavy (non-hydrogen) atoms. The molecule has 140 valence electrons. The van der Waals surface area contributed by atoms with Gasteiger partial charge in [0.05, 0.1) is 0 Å². The molecule has 2 unspecified atom stereocenters. The molecule has 0 N–H and O–H groups in total. The van der Waals surface area contributed by atoms with Crippen LogP contribution in [0.5, 0.6) is 11.5 Å². The summed E-state index contributed by atoms with van der Waals surface area (Å²) in [7, 11) is -1.64. The molecule has 0 aliphatic carbocycles. The number of alkyl halides is 3. The van der Waals surface area contributed by atoms with Gasteiger partial charge in [0.25, 0.3) is 0 Å². The van der Waals surface area contributed by atoms with Gasteiger partial charge in [0.2, 0.25) is 0 Å². The minimum Gasteiger partial charge on any atom is -0.492 e. The molecule has 2 heterocycles. The van der Waals surface area contributed by atoms with Crippen LogP contribution in [0.2, 0.25) is 0 Å². The highest BCUT2D eigenvalue weighted by molar-refractivity contribution is 7.86. The number of nitro groups is 1. The van der Waals surface area contributed by atoms with Crippen LogP contribution in [0.25, 0.3) is 0 Å². The highest BCUT2D eigenvalue weighted by Crippen LogP contribution is 2.33. The van der Waals surface area contributed by atoms with Crippen molar-refractivity contribution in [2.24, 2.45) is 0 Å². The Morgan fingerprint density at radius 3 is 2.50 bits per heavy atom. The van der Waals surface area contributed by atoms with Gasteiger partial charge in [-0.3, -0.25) is 4.57 Å². The maximum absolute atomic E-state index is 12.6. The van der Waals surface area contributed by atoms with E-state index >= 15 is 0 Å². The first-order valence-corrected chi connectivity index (χ1v) is 8.34. The largest absolute Gasteiger partial charge is 0.573 e. The maximum atomic E-state index is 12.6. The molecule has 0 bridgehead atoms. The van der Waals surface area contributed by atoms with E-state index in [1.165, 1.54) is 22.9 Å². The minimum atomic E-state index is -4.78. The number of nitrogens with zero attached hydrogens (tertiary/aromatic N) is 3. The molecule has 0 radical (unpaired) electrons. The lowest BCUT2D eigenvalue weighted by atomic mass is 10.2. The molecule has 2 atom stereocenters. The Hall–Kier alpha value is -2.63. The molecular weight excluding hydrogens is 379 g/mol. The molecule has 12 heteroatoms. The monoisotopic (exact) mass is 391 g/mol. The molecule has 2 aromatic rings. The number of hydrogen-bond acceptors (Lipinski definition) is 6. The quantitative estimate of drug-likeness (QED) is 0.574. The first-order valence-electron chi connectivity index (χ1n) is 7.19. The second kappa shape index (κ2) is 6.27. The molecule has 1 aromatic carbocycles. The fraction of sp³-hybridized carbons (Fsp3) is 0.357. The van der Waals surface area contributed by atoms with E-state index in [2.05, 4.69) is 9.72 Å². The van der Waals surface area contributed by atoms with Gasteiger partial charge in [-0.1, -0.05) is 0 Å². The van der Waals surface area contributed by atoms with E-state index in [1.807, 2.05) is 0 Å². The molecule has 0 saturated heterocycles. The van der Waals surface area contributed by atoms with Gasteiger partial charge in [0, 0.05) is 6.54 Å². The predicted molar refractivity (Wildman–Crippen MR) is 82.3 cm³/mol. The molecule has 3 rings (SSSR count). The summed E-state index contributed by atoms with van der Waals surface area (Å²) in [5.74, 6) is -0.488. The van der Waals surface area contributed by atoms with Crippen LogP contribution in [0, 0.1) is 10.1 Å². The predicted octanol–water partition coefficient (Wildman–Crippen LogP) is 2.65. The number of hydrogen-bond donors (Lipinski definition) is 0. The van der Waals surface area contributed by atoms with Crippen molar-refractivity contribution in [3.8, 4) is 11.5 Å². The minimum absolute atomic E-state index is 0.0176. The van der Waals surface area contributed by atoms with Crippen molar-refractivity contribution in [1.29, 1.82) is 0 Å². The number of imidazole rings is 1. The molecule has 0 amide bonds. The normalized spacial score (nSPS) is 22.1. The van der Waals surface area contributed by atoms with Gasteiger partial charge in [0.15, 0.2) is 0 Å². The zero-order chi connectivity index (χ0) is 19.1. The summed E-state index contributed by atoms with van der Waals surface area (Å²) < 4.78 is 58.8. The van der Waals surface area contributed by atoms with E-state index < -0.39 is 26.8 Å². The Bertz CT molecular complexity index is 868. The average Bonchev–Trinajstić information content (AvgIpc) is 3.04. The molecule has 0 saturated carbocycles. The zero-order valence-corrected chi connectivity index (χ0v) is 14.0. The van der Waals surface area contributed by atoms with E-state index in [4.69, 9.17) is 4.74 Å². The molecule has 1 aliphatic rings. The smallest absolute Gasteiger partial charge is 0.492 e. The van der Waals surface area contributed by atoms with Gasteiger partial charge in [-0.15, -0.1) is 13.2 Å². The Morgan fingerprint density at radius 1 is 1.35 bits per heavy atom. The fourth-order valence-corrected chi connectivity index (χ4v) is 3.82. The van der Waals surface area contributed by atoms with Crippen LogP contribution < -0.4 is 9.47 Å². The maximum Gasteiger partial charge on any atom is 0.573 e. The molecule has 0 spiro atoms. The number of benzene rings is 1. The summed E-state index contributed by atoms with van der Waals surface area (Å²) in [4.78, 5) is 13.8. The standard InChI is InChI=1S/C14H12F3N3O5S/c1-13(7-19-6-11(20(21)22)18-12(19)26(13)23)8-24-9-2-4-10(5-3-9)25-14(15,16)17/h2-6H,7-8H2,1H3. The van der Waals surface area contributed by atoms with Gasteiger partial charge < -0.3 is 19.6 Å². The van der Waals surface area contributed by atoms with Crippen molar-refractivity contribution < 1.29 is 31.8 Å². The highest BCUT2D eigenvalue weighted by atomic mass is 32.2. The first kappa shape index (κ1) is 18.2. The summed E-state index contributed by atoms with van der Waals surface area (Å²) in [6, 6.07) is 4.80. The Morgan fingerprint density at radius 2 is 1.96 bits per heavy atom. The highest BCUT2D eigenvalue weighted by Gasteiger charge is 2.46. The van der Waals surface area contributed by atoms with Crippen LogP contribution in [0.15, 0.2) is 35.6 Å². The molecule has 1 aromatic heterocycles. The lowest BCUT2D eigenvalue weighted by Crippen LogP contribution is -2.36. The van der Waals surface area contributed by atoms with Gasteiger partial charge in [0.1, 0.15) is 39.8 Å². The Kier molecular flexibility index (Phi) is 4.38. The van der Waals surface area contributed by atoms with Crippen molar-refractivity contribution in [1.82, 2.24) is 9.55 Å². The molecule has 8 nitrogen and oxygen atoms in total. The van der Waals surface area contributed by atoms with Crippen molar-refractivity contribution in [2.45, 2.75) is 29.7 Å². The fourth-order valence-electron chi connectivity index (χ4n) is 2.45. The number of fused-ring (bicyclic) bond motifs is 1. The second-order valence-corrected chi connectivity index (χ2v) is 7.68. The van der Waals surface area contributed by atoms with Gasteiger partial charge in [-0.2, -0.15) is 0 Å². The van der Waals surface area contributed by atoms with Crippen molar-refractivity contribution >= 4 is 16.6 Å². The van der Waals surface area contributed by atoms with Crippen molar-refractivity contribution in [2.75, 3.05) is 6.61 Å². The van der Waals surface area contributed by atoms with Crippen LogP contribution >= 0.6 is 0 Å². The third-order valence-corrected chi connectivity index (χ3v) is 5.43. The number of rotatable bonds is 5. The third kappa shape index (κ3) is 3.64. The Balaban J connectivity index is 1.65. The zero-order valence-electron chi connectivity index (χ0n) is 13.2. The van der Waals surface area contributed by atoms with Crippen LogP contribution in [0.3, 0.4) is 0 Å². The van der Waals surface area contributed by atoms with E-state index in [1.54, 1.807) is 6.92 Å². The van der Waals surface area contributed by atoms with Crippen LogP contribution in [0.4, 0.5) is 19.0 Å². The summed E-state index contributed by atoms with van der Waals surface area (Å²) in [5.41, 5.74) is 0. The topological polar surface area (TPSA) is 96.5 Å². The summed E-state index contributed by atoms with van der Waals surface area (Å²) in [6.07, 6.45) is -3.57. The van der Waals surface area contributed by atoms with Crippen LogP contribution in [0.1, 0.15) is 6.92 Å². The van der Waals surface area contributed by atoms with Crippen LogP contribution in [-0.4, -0.2) is 36.4 Å². The number of halogens is 3. The summed E-state index contributed by atoms with van der Waals surface area (Å²) in [6.45, 7) is 1.85. The van der Waals surface area contributed by atoms with E-state index in [-0.39, 0.29) is 35.6 Å². The summed E-state index contributed by atoms with van der Waals surface area (Å²) >= 11 is 0. The second-order valence-electron chi connectivity index (χ2n) is 5.79. The van der Waals surface area contributed by atoms with E-state index in [9.17, 15) is 27.5 Å². The molecule has 1 aliphatic heterocycles. The Labute approximate surface area is 147 Å². The lowest BCUT2D eigenvalue weighted by molar-refractivity contribution is -0.389. The number of aromatic nitrogens is 2. The van der Waals surface area contributed by atoms with Crippen molar-refractivity contribution in [3.63, 3.8) is 0 Å². The lowest BCUT2D eigenvalue weighted by Gasteiger charge is -2.21. The average molecular weight is 391 g/mol. The summed E-state index contributed by atoms with van der Waals surface area (Å²) in [5, 5.41) is 10.8. The van der Waals surface area contributed by atoms with Crippen LogP contribution in [-0.2, 0) is 17.3 Å². The van der Waals surface area contributed by atoms with Crippen molar-refractivity contribution in [3.05, 3.63) is 40.6 Å². The molecule has 0 fully saturated rings. The SMILES string of the molecule is CC1(COc2ccc(OC(F)(F)F)cc2)Cn2cc([N+](=O)[O-])nc2S1=O. The van der Waals surface area contributed by atoms with Gasteiger partial charge in [-0.05, 0) is 41.1 Å². The third-order valence-electron chi connectivity index (χ3n) is 3.63. The van der Waals surface area contributed by atoms with E-state index in [0.29, 0.717) is 0 Å². The van der Waals surface area contributed by atoms with E-state index in [0.717, 1.165) is 12.1 Å². The first-order chi connectivity index (χ1) is 12.1. The van der Waals surface area contributed by atoms with Gasteiger partial charge >= 0.3 is 17.3 Å². The van der Waals surface area contributed by atoms with Gasteiger partial charge in [-0.25, -0.2) is 4.21 Å². The number of ether oxygens (including phenoxy) is 2. The molecular formula is C14H12F3N3O5S.